The van der Waals surface area contributed by atoms with Crippen molar-refractivity contribution in [3.05, 3.63) is 53.9 Å². The third kappa shape index (κ3) is 3.60. The second-order valence-corrected chi connectivity index (χ2v) is 9.44. The van der Waals surface area contributed by atoms with Gasteiger partial charge in [-0.3, -0.25) is 4.98 Å². The van der Waals surface area contributed by atoms with Gasteiger partial charge in [0, 0.05) is 11.6 Å². The zero-order valence-corrected chi connectivity index (χ0v) is 16.6. The number of hydrogen-bond donors (Lipinski definition) is 2. The lowest BCUT2D eigenvalue weighted by atomic mass is 9.70. The number of phenolic OH excluding ortho intramolecular Hbond substituents is 1. The number of phenols is 1. The van der Waals surface area contributed by atoms with Crippen molar-refractivity contribution in [2.24, 2.45) is 5.41 Å². The Labute approximate surface area is 161 Å². The number of aromatic nitrogens is 1. The van der Waals surface area contributed by atoms with E-state index in [-0.39, 0.29) is 16.4 Å². The zero-order chi connectivity index (χ0) is 19.7. The summed E-state index contributed by atoms with van der Waals surface area (Å²) in [5.74, 6) is -0.780. The number of nitrogens with zero attached hydrogens (tertiary/aromatic N) is 1. The van der Waals surface area contributed by atoms with Gasteiger partial charge in [-0.2, -0.15) is 0 Å². The monoisotopic (exact) mass is 389 g/mol. The highest BCUT2D eigenvalue weighted by Gasteiger charge is 2.49. The molecule has 0 fully saturated rings. The van der Waals surface area contributed by atoms with E-state index in [0.29, 0.717) is 24.1 Å². The predicted molar refractivity (Wildman–Crippen MR) is 104 cm³/mol. The molecule has 0 aliphatic carbocycles. The van der Waals surface area contributed by atoms with Crippen LogP contribution in [0.25, 0.3) is 0 Å². The van der Waals surface area contributed by atoms with E-state index in [4.69, 9.17) is 0 Å². The van der Waals surface area contributed by atoms with Crippen LogP contribution in [0.2, 0.25) is 0 Å². The summed E-state index contributed by atoms with van der Waals surface area (Å²) in [4.78, 5) is 4.53. The molecule has 1 unspecified atom stereocenters. The Balaban J connectivity index is 2.28. The average molecular weight is 390 g/mol. The maximum Gasteiger partial charge on any atom is 0.179 e. The first kappa shape index (κ1) is 19.8. The molecule has 5 nitrogen and oxygen atoms in total. The highest BCUT2D eigenvalue weighted by Crippen LogP contribution is 2.48. The van der Waals surface area contributed by atoms with Crippen LogP contribution in [0.15, 0.2) is 47.5 Å². The lowest BCUT2D eigenvalue weighted by Gasteiger charge is -2.39. The molecule has 0 spiro atoms. The van der Waals surface area contributed by atoms with Crippen LogP contribution in [0.1, 0.15) is 56.7 Å². The van der Waals surface area contributed by atoms with Crippen molar-refractivity contribution in [1.29, 1.82) is 0 Å². The molecular formula is C21H27NO4S. The normalized spacial score (nSPS) is 26.9. The van der Waals surface area contributed by atoms with Gasteiger partial charge < -0.3 is 10.2 Å². The molecule has 0 radical (unpaired) electrons. The molecule has 3 rings (SSSR count). The summed E-state index contributed by atoms with van der Waals surface area (Å²) in [6, 6.07) is 9.85. The quantitative estimate of drug-likeness (QED) is 0.815. The molecule has 1 aromatic heterocycles. The number of pyridine rings is 1. The fraction of sp³-hybridized carbons (Fsp3) is 0.476. The number of benzene rings is 1. The minimum atomic E-state index is -3.67. The Bertz CT molecular complexity index is 898. The molecule has 1 aliphatic heterocycles. The van der Waals surface area contributed by atoms with Crippen molar-refractivity contribution in [2.75, 3.05) is 5.75 Å². The second-order valence-electron chi connectivity index (χ2n) is 7.48. The van der Waals surface area contributed by atoms with Crippen LogP contribution < -0.4 is 0 Å². The van der Waals surface area contributed by atoms with Crippen LogP contribution in [-0.2, 0) is 9.84 Å². The Morgan fingerprint density at radius 1 is 1.22 bits per heavy atom. The molecule has 0 bridgehead atoms. The molecule has 146 valence electrons. The fourth-order valence-electron chi connectivity index (χ4n) is 4.23. The SMILES string of the molecule is CCCCC1(CC)CS(=O)(=O)c2cc(O)ccc2[C@@H](c2ccccn2)[C@H]1O. The Morgan fingerprint density at radius 2 is 2.00 bits per heavy atom. The summed E-state index contributed by atoms with van der Waals surface area (Å²) in [7, 11) is -3.67. The van der Waals surface area contributed by atoms with E-state index in [1.807, 2.05) is 19.1 Å². The van der Waals surface area contributed by atoms with Crippen molar-refractivity contribution in [3.63, 3.8) is 0 Å². The molecule has 6 heteroatoms. The molecule has 2 aromatic rings. The van der Waals surface area contributed by atoms with Crippen molar-refractivity contribution in [1.82, 2.24) is 4.98 Å². The lowest BCUT2D eigenvalue weighted by Crippen LogP contribution is -2.42. The number of hydrogen-bond acceptors (Lipinski definition) is 5. The molecule has 1 aliphatic rings. The molecule has 0 saturated heterocycles. The Kier molecular flexibility index (Phi) is 5.58. The average Bonchev–Trinajstić information content (AvgIpc) is 2.73. The first-order chi connectivity index (χ1) is 12.8. The molecular weight excluding hydrogens is 362 g/mol. The second kappa shape index (κ2) is 7.60. The van der Waals surface area contributed by atoms with Crippen LogP contribution in [0, 0.1) is 5.41 Å². The van der Waals surface area contributed by atoms with E-state index in [0.717, 1.165) is 12.8 Å². The van der Waals surface area contributed by atoms with Gasteiger partial charge in [0.2, 0.25) is 0 Å². The van der Waals surface area contributed by atoms with E-state index in [2.05, 4.69) is 11.9 Å². The molecule has 3 atom stereocenters. The number of aliphatic hydroxyl groups excluding tert-OH is 1. The molecule has 1 aromatic carbocycles. The van der Waals surface area contributed by atoms with Gasteiger partial charge in [0.25, 0.3) is 0 Å². The van der Waals surface area contributed by atoms with Crippen LogP contribution in [-0.4, -0.2) is 35.5 Å². The van der Waals surface area contributed by atoms with E-state index >= 15 is 0 Å². The zero-order valence-electron chi connectivity index (χ0n) is 15.8. The molecule has 27 heavy (non-hydrogen) atoms. The van der Waals surface area contributed by atoms with Crippen LogP contribution in [0.5, 0.6) is 5.75 Å². The predicted octanol–water partition coefficient (Wildman–Crippen LogP) is 3.65. The third-order valence-electron chi connectivity index (χ3n) is 5.83. The number of rotatable bonds is 5. The van der Waals surface area contributed by atoms with E-state index in [1.165, 1.54) is 12.1 Å². The highest BCUT2D eigenvalue weighted by atomic mass is 32.2. The molecule has 2 heterocycles. The van der Waals surface area contributed by atoms with Crippen LogP contribution in [0.3, 0.4) is 0 Å². The summed E-state index contributed by atoms with van der Waals surface area (Å²) in [6.07, 6.45) is 3.72. The fourth-order valence-corrected chi connectivity index (χ4v) is 6.52. The maximum atomic E-state index is 13.3. The van der Waals surface area contributed by atoms with Gasteiger partial charge in [-0.25, -0.2) is 8.42 Å². The molecule has 0 saturated carbocycles. The van der Waals surface area contributed by atoms with Crippen LogP contribution in [0.4, 0.5) is 0 Å². The summed E-state index contributed by atoms with van der Waals surface area (Å²) in [5, 5.41) is 21.4. The van der Waals surface area contributed by atoms with Gasteiger partial charge in [-0.15, -0.1) is 0 Å². The van der Waals surface area contributed by atoms with Crippen LogP contribution >= 0.6 is 0 Å². The molecule has 2 N–H and O–H groups in total. The number of unbranched alkanes of at least 4 members (excludes halogenated alkanes) is 1. The van der Waals surface area contributed by atoms with Crippen molar-refractivity contribution < 1.29 is 18.6 Å². The number of aliphatic hydroxyl groups is 1. The topological polar surface area (TPSA) is 87.5 Å². The van der Waals surface area contributed by atoms with Crippen molar-refractivity contribution in [3.8, 4) is 5.75 Å². The van der Waals surface area contributed by atoms with Gasteiger partial charge in [-0.1, -0.05) is 38.8 Å². The summed E-state index contributed by atoms with van der Waals surface area (Å²) < 4.78 is 26.5. The standard InChI is InChI=1S/C21H27NO4S/c1-3-5-11-21(4-2)14-27(25,26)18-13-15(23)9-10-16(18)19(20(21)24)17-8-6-7-12-22-17/h6-10,12-13,19-20,23-24H,3-5,11,14H2,1-2H3/t19-,20+,21?/m0/s1. The Morgan fingerprint density at radius 3 is 2.63 bits per heavy atom. The lowest BCUT2D eigenvalue weighted by molar-refractivity contribution is 0.0165. The van der Waals surface area contributed by atoms with E-state index in [1.54, 1.807) is 18.3 Å². The maximum absolute atomic E-state index is 13.3. The van der Waals surface area contributed by atoms with Crippen molar-refractivity contribution in [2.45, 2.75) is 56.4 Å². The first-order valence-corrected chi connectivity index (χ1v) is 11.1. The van der Waals surface area contributed by atoms with E-state index < -0.39 is 27.3 Å². The minimum absolute atomic E-state index is 0.0934. The highest BCUT2D eigenvalue weighted by molar-refractivity contribution is 7.91. The van der Waals surface area contributed by atoms with E-state index in [9.17, 15) is 18.6 Å². The third-order valence-corrected chi connectivity index (χ3v) is 7.81. The van der Waals surface area contributed by atoms with Crippen molar-refractivity contribution >= 4 is 9.84 Å². The summed E-state index contributed by atoms with van der Waals surface area (Å²) >= 11 is 0. The number of aromatic hydroxyl groups is 1. The first-order valence-electron chi connectivity index (χ1n) is 9.49. The number of fused-ring (bicyclic) bond motifs is 1. The summed E-state index contributed by atoms with van der Waals surface area (Å²) in [6.45, 7) is 4.00. The van der Waals surface area contributed by atoms with Gasteiger partial charge in [0.1, 0.15) is 5.75 Å². The minimum Gasteiger partial charge on any atom is -0.508 e. The van der Waals surface area contributed by atoms with Gasteiger partial charge in [-0.05, 0) is 42.7 Å². The van der Waals surface area contributed by atoms with Gasteiger partial charge in [0.05, 0.1) is 28.4 Å². The Hall–Kier alpha value is -1.92. The number of sulfone groups is 1. The van der Waals surface area contributed by atoms with Gasteiger partial charge >= 0.3 is 0 Å². The molecule has 0 amide bonds. The largest absolute Gasteiger partial charge is 0.508 e. The smallest absolute Gasteiger partial charge is 0.179 e. The summed E-state index contributed by atoms with van der Waals surface area (Å²) in [5.41, 5.74) is 0.389. The van der Waals surface area contributed by atoms with Gasteiger partial charge in [0.15, 0.2) is 9.84 Å².